The molecule has 0 saturated carbocycles. The first-order valence-corrected chi connectivity index (χ1v) is 9.81. The Labute approximate surface area is 169 Å². The predicted molar refractivity (Wildman–Crippen MR) is 107 cm³/mol. The summed E-state index contributed by atoms with van der Waals surface area (Å²) < 4.78 is 11.4. The molecule has 1 fully saturated rings. The molecule has 7 heteroatoms. The fraction of sp³-hybridized carbons (Fsp3) is 0.364. The van der Waals surface area contributed by atoms with E-state index in [0.717, 1.165) is 30.1 Å². The Balaban J connectivity index is 1.44. The van der Waals surface area contributed by atoms with Crippen molar-refractivity contribution < 1.29 is 13.9 Å². The summed E-state index contributed by atoms with van der Waals surface area (Å²) in [5.74, 6) is 3.01. The van der Waals surface area contributed by atoms with E-state index in [4.69, 9.17) is 9.15 Å². The van der Waals surface area contributed by atoms with Crippen LogP contribution in [0.4, 0.5) is 0 Å². The van der Waals surface area contributed by atoms with Crippen molar-refractivity contribution in [3.63, 3.8) is 0 Å². The number of amides is 1. The number of aryl methyl sites for hydroxylation is 3. The molecule has 3 aromatic rings. The smallest absolute Gasteiger partial charge is 0.291 e. The van der Waals surface area contributed by atoms with Crippen LogP contribution in [0.25, 0.3) is 0 Å². The molecule has 2 aromatic heterocycles. The lowest BCUT2D eigenvalue weighted by Gasteiger charge is -2.31. The van der Waals surface area contributed by atoms with Crippen LogP contribution in [-0.4, -0.2) is 38.8 Å². The zero-order chi connectivity index (χ0) is 20.4. The summed E-state index contributed by atoms with van der Waals surface area (Å²) in [6.07, 6.45) is 1.60. The third-order valence-electron chi connectivity index (χ3n) is 5.06. The van der Waals surface area contributed by atoms with Gasteiger partial charge in [0, 0.05) is 37.7 Å². The first kappa shape index (κ1) is 19.1. The quantitative estimate of drug-likeness (QED) is 0.662. The molecule has 0 N–H and O–H groups in total. The minimum absolute atomic E-state index is 0.0974. The number of benzene rings is 1. The number of hydrogen-bond acceptors (Lipinski definition) is 6. The van der Waals surface area contributed by atoms with Gasteiger partial charge in [-0.2, -0.15) is 4.98 Å². The molecule has 3 heterocycles. The van der Waals surface area contributed by atoms with Crippen LogP contribution < -0.4 is 4.74 Å². The molecule has 1 amide bonds. The molecular weight excluding hydrogens is 368 g/mol. The van der Waals surface area contributed by atoms with Crippen molar-refractivity contribution in [1.29, 1.82) is 0 Å². The molecular formula is C22H24N4O3. The van der Waals surface area contributed by atoms with Crippen LogP contribution >= 0.6 is 0 Å². The van der Waals surface area contributed by atoms with Crippen LogP contribution in [0.3, 0.4) is 0 Å². The topological polar surface area (TPSA) is 81.4 Å². The highest BCUT2D eigenvalue weighted by Gasteiger charge is 2.29. The van der Waals surface area contributed by atoms with E-state index in [1.165, 1.54) is 0 Å². The van der Waals surface area contributed by atoms with Crippen molar-refractivity contribution in [1.82, 2.24) is 19.9 Å². The van der Waals surface area contributed by atoms with E-state index in [-0.39, 0.29) is 11.8 Å². The molecule has 0 spiro atoms. The Bertz CT molecular complexity index is 1010. The number of likely N-dealkylation sites (tertiary alicyclic amines) is 1. The highest BCUT2D eigenvalue weighted by atomic mass is 16.5. The summed E-state index contributed by atoms with van der Waals surface area (Å²) >= 11 is 0. The summed E-state index contributed by atoms with van der Waals surface area (Å²) in [5, 5.41) is 0. The van der Waals surface area contributed by atoms with Crippen molar-refractivity contribution in [3.05, 3.63) is 65.3 Å². The minimum Gasteiger partial charge on any atom is -0.439 e. The number of hydrogen-bond donors (Lipinski definition) is 0. The van der Waals surface area contributed by atoms with Gasteiger partial charge in [-0.15, -0.1) is 0 Å². The zero-order valence-corrected chi connectivity index (χ0v) is 16.9. The second kappa shape index (κ2) is 8.03. The number of oxazole rings is 1. The van der Waals surface area contributed by atoms with Crippen LogP contribution in [0.2, 0.25) is 0 Å². The van der Waals surface area contributed by atoms with Gasteiger partial charge in [-0.05, 0) is 38.8 Å². The largest absolute Gasteiger partial charge is 0.439 e. The summed E-state index contributed by atoms with van der Waals surface area (Å²) in [4.78, 5) is 28.0. The summed E-state index contributed by atoms with van der Waals surface area (Å²) in [6, 6.07) is 11.4. The summed E-state index contributed by atoms with van der Waals surface area (Å²) in [5.41, 5.74) is 1.51. The van der Waals surface area contributed by atoms with Gasteiger partial charge in [0.15, 0.2) is 5.89 Å². The number of para-hydroxylation sites is 1. The maximum Gasteiger partial charge on any atom is 0.291 e. The number of aromatic nitrogens is 3. The van der Waals surface area contributed by atoms with Crippen molar-refractivity contribution in [2.45, 2.75) is 39.5 Å². The van der Waals surface area contributed by atoms with E-state index >= 15 is 0 Å². The Kier molecular flexibility index (Phi) is 5.29. The molecule has 7 nitrogen and oxygen atoms in total. The average molecular weight is 392 g/mol. The number of carbonyl (C=O) groups excluding carboxylic acids is 1. The molecule has 0 atom stereocenters. The molecule has 0 unspecified atom stereocenters. The molecule has 1 saturated heterocycles. The van der Waals surface area contributed by atoms with Gasteiger partial charge in [0.2, 0.25) is 11.6 Å². The van der Waals surface area contributed by atoms with Crippen molar-refractivity contribution in [2.24, 2.45) is 0 Å². The standard InChI is InChI=1S/C22H24N4O3/c1-14-13-19(29-18-7-5-4-6-8-18)25-21(23-14)17-9-11-26(12-10-17)22(27)20-15(2)24-16(3)28-20/h4-8,13,17H,9-12H2,1-3H3. The number of rotatable bonds is 4. The van der Waals surface area contributed by atoms with Gasteiger partial charge >= 0.3 is 0 Å². The van der Waals surface area contributed by atoms with Gasteiger partial charge in [0.25, 0.3) is 5.91 Å². The third-order valence-corrected chi connectivity index (χ3v) is 5.06. The van der Waals surface area contributed by atoms with Crippen molar-refractivity contribution >= 4 is 5.91 Å². The lowest BCUT2D eigenvalue weighted by Crippen LogP contribution is -2.38. The molecule has 1 aliphatic heterocycles. The monoisotopic (exact) mass is 392 g/mol. The van der Waals surface area contributed by atoms with Gasteiger partial charge < -0.3 is 14.1 Å². The Morgan fingerprint density at radius 3 is 2.45 bits per heavy atom. The fourth-order valence-electron chi connectivity index (χ4n) is 3.62. The van der Waals surface area contributed by atoms with Gasteiger partial charge in [-0.25, -0.2) is 9.97 Å². The SMILES string of the molecule is Cc1cc(Oc2ccccc2)nc(C2CCN(C(=O)c3oc(C)nc3C)CC2)n1. The Morgan fingerprint density at radius 2 is 1.79 bits per heavy atom. The number of piperidine rings is 1. The second-order valence-corrected chi connectivity index (χ2v) is 7.33. The molecule has 29 heavy (non-hydrogen) atoms. The van der Waals surface area contributed by atoms with Gasteiger partial charge in [-0.3, -0.25) is 4.79 Å². The summed E-state index contributed by atoms with van der Waals surface area (Å²) in [7, 11) is 0. The first-order valence-electron chi connectivity index (χ1n) is 9.81. The lowest BCUT2D eigenvalue weighted by atomic mass is 9.95. The van der Waals surface area contributed by atoms with Crippen molar-refractivity contribution in [3.8, 4) is 11.6 Å². The van der Waals surface area contributed by atoms with E-state index < -0.39 is 0 Å². The fourth-order valence-corrected chi connectivity index (χ4v) is 3.62. The maximum absolute atomic E-state index is 12.7. The Morgan fingerprint density at radius 1 is 1.07 bits per heavy atom. The van der Waals surface area contributed by atoms with Crippen LogP contribution in [-0.2, 0) is 0 Å². The lowest BCUT2D eigenvalue weighted by molar-refractivity contribution is 0.0676. The minimum atomic E-state index is -0.0974. The maximum atomic E-state index is 12.7. The Hall–Kier alpha value is -3.22. The summed E-state index contributed by atoms with van der Waals surface area (Å²) in [6.45, 7) is 6.76. The molecule has 0 aliphatic carbocycles. The first-order chi connectivity index (χ1) is 14.0. The van der Waals surface area contributed by atoms with Crippen LogP contribution in [0.5, 0.6) is 11.6 Å². The van der Waals surface area contributed by atoms with Crippen LogP contribution in [0, 0.1) is 20.8 Å². The molecule has 0 radical (unpaired) electrons. The zero-order valence-electron chi connectivity index (χ0n) is 16.9. The number of carbonyl (C=O) groups is 1. The van der Waals surface area contributed by atoms with E-state index in [2.05, 4.69) is 15.0 Å². The van der Waals surface area contributed by atoms with E-state index in [0.29, 0.717) is 36.3 Å². The van der Waals surface area contributed by atoms with E-state index in [1.54, 1.807) is 13.8 Å². The van der Waals surface area contributed by atoms with Gasteiger partial charge in [0.1, 0.15) is 11.6 Å². The van der Waals surface area contributed by atoms with Crippen LogP contribution in [0.15, 0.2) is 40.8 Å². The molecule has 1 aromatic carbocycles. The molecule has 1 aliphatic rings. The van der Waals surface area contributed by atoms with Crippen molar-refractivity contribution in [2.75, 3.05) is 13.1 Å². The van der Waals surface area contributed by atoms with Crippen LogP contribution in [0.1, 0.15) is 52.4 Å². The number of nitrogens with zero attached hydrogens (tertiary/aromatic N) is 4. The van der Waals surface area contributed by atoms with Gasteiger partial charge in [0.05, 0.1) is 5.69 Å². The third kappa shape index (κ3) is 4.29. The highest BCUT2D eigenvalue weighted by Crippen LogP contribution is 2.29. The van der Waals surface area contributed by atoms with E-state index in [1.807, 2.05) is 48.2 Å². The van der Waals surface area contributed by atoms with Gasteiger partial charge in [-0.1, -0.05) is 18.2 Å². The van der Waals surface area contributed by atoms with E-state index in [9.17, 15) is 4.79 Å². The molecule has 0 bridgehead atoms. The molecule has 4 rings (SSSR count). The molecule has 150 valence electrons. The average Bonchev–Trinajstić information content (AvgIpc) is 3.06. The second-order valence-electron chi connectivity index (χ2n) is 7.33. The number of ether oxygens (including phenoxy) is 1. The predicted octanol–water partition coefficient (Wildman–Crippen LogP) is 4.20. The normalized spacial score (nSPS) is 14.8. The highest BCUT2D eigenvalue weighted by molar-refractivity contribution is 5.92.